The number of carbonyl (C=O) groups excluding carboxylic acids is 1. The Bertz CT molecular complexity index is 1000. The van der Waals surface area contributed by atoms with Crippen LogP contribution in [0.25, 0.3) is 0 Å². The molecule has 2 amide bonds. The molecule has 3 atom stereocenters. The summed E-state index contributed by atoms with van der Waals surface area (Å²) >= 11 is 0. The minimum absolute atomic E-state index is 0.00744. The predicted molar refractivity (Wildman–Crippen MR) is 135 cm³/mol. The number of amides is 2. The summed E-state index contributed by atoms with van der Waals surface area (Å²) in [6.45, 7) is 4.41. The third kappa shape index (κ3) is 7.88. The average Bonchev–Trinajstić information content (AvgIpc) is 2.79. The molecule has 194 valence electrons. The second kappa shape index (κ2) is 12.1. The highest BCUT2D eigenvalue weighted by atomic mass is 32.3. The number of aliphatic hydroxyl groups is 1. The predicted octanol–water partition coefficient (Wildman–Crippen LogP) is 4.10. The van der Waals surface area contributed by atoms with Crippen molar-refractivity contribution in [3.05, 3.63) is 70.3 Å². The molecule has 0 aromatic heterocycles. The van der Waals surface area contributed by atoms with Gasteiger partial charge in [0, 0.05) is 19.2 Å². The average molecular weight is 512 g/mol. The molecule has 0 spiro atoms. The molecule has 1 aliphatic rings. The molecule has 0 bridgehead atoms. The van der Waals surface area contributed by atoms with Crippen molar-refractivity contribution in [1.29, 1.82) is 0 Å². The van der Waals surface area contributed by atoms with Crippen LogP contribution in [0.15, 0.2) is 36.4 Å². The molecule has 0 aliphatic carbocycles. The zero-order valence-electron chi connectivity index (χ0n) is 20.1. The highest BCUT2D eigenvalue weighted by Crippen LogP contribution is 2.50. The molecule has 0 saturated carbocycles. The van der Waals surface area contributed by atoms with Crippen LogP contribution in [0.1, 0.15) is 48.6 Å². The third-order valence-electron chi connectivity index (χ3n) is 6.08. The van der Waals surface area contributed by atoms with Crippen molar-refractivity contribution in [2.45, 2.75) is 57.1 Å². The smallest absolute Gasteiger partial charge is 0.315 e. The van der Waals surface area contributed by atoms with E-state index in [2.05, 4.69) is 16.0 Å². The van der Waals surface area contributed by atoms with E-state index in [0.717, 1.165) is 35.6 Å². The summed E-state index contributed by atoms with van der Waals surface area (Å²) < 4.78 is 48.3. The number of urea groups is 1. The number of aliphatic hydroxyl groups excluding tert-OH is 1. The van der Waals surface area contributed by atoms with E-state index in [1.54, 1.807) is 0 Å². The summed E-state index contributed by atoms with van der Waals surface area (Å²) in [7, 11) is -2.83. The number of benzene rings is 2. The number of halogens is 2. The van der Waals surface area contributed by atoms with Gasteiger partial charge in [-0.3, -0.25) is 9.11 Å². The molecule has 0 radical (unpaired) electrons. The van der Waals surface area contributed by atoms with Crippen LogP contribution < -0.4 is 16.0 Å². The number of aryl methyl sites for hydroxylation is 1. The molecule has 6 N–H and O–H groups in total. The Balaban J connectivity index is 1.76. The monoisotopic (exact) mass is 511 g/mol. The lowest BCUT2D eigenvalue weighted by Crippen LogP contribution is -2.52. The van der Waals surface area contributed by atoms with Gasteiger partial charge < -0.3 is 21.1 Å². The fourth-order valence-corrected chi connectivity index (χ4v) is 5.99. The molecular formula is C25H35F2N3O4S. The van der Waals surface area contributed by atoms with E-state index in [0.29, 0.717) is 12.1 Å². The molecule has 1 aliphatic heterocycles. The topological polar surface area (TPSA) is 114 Å². The van der Waals surface area contributed by atoms with Crippen LogP contribution >= 0.6 is 10.6 Å². The molecule has 0 fully saturated rings. The van der Waals surface area contributed by atoms with Crippen molar-refractivity contribution in [1.82, 2.24) is 16.0 Å². The molecular weight excluding hydrogens is 476 g/mol. The molecule has 7 nitrogen and oxygen atoms in total. The summed E-state index contributed by atoms with van der Waals surface area (Å²) in [5.74, 6) is -1.17. The van der Waals surface area contributed by atoms with Gasteiger partial charge in [-0.1, -0.05) is 32.0 Å². The SMILES string of the molecule is CCCNC(=O)N[C@@H](Cc1cc(F)cc(F)c1)[C@H](O)CN[C@H]1CS(O)(O)Cc2ccc(CC)cc21. The van der Waals surface area contributed by atoms with Crippen LogP contribution in [-0.2, 0) is 18.6 Å². The van der Waals surface area contributed by atoms with Crippen molar-refractivity contribution in [3.63, 3.8) is 0 Å². The van der Waals surface area contributed by atoms with Crippen LogP contribution in [-0.4, -0.2) is 51.2 Å². The molecule has 3 rings (SSSR count). The zero-order valence-corrected chi connectivity index (χ0v) is 20.9. The summed E-state index contributed by atoms with van der Waals surface area (Å²) in [5, 5.41) is 19.6. The first-order chi connectivity index (χ1) is 16.6. The van der Waals surface area contributed by atoms with Gasteiger partial charge in [-0.2, -0.15) is 10.6 Å². The molecule has 0 unspecified atom stereocenters. The maximum Gasteiger partial charge on any atom is 0.315 e. The summed E-state index contributed by atoms with van der Waals surface area (Å²) in [6.07, 6.45) is 0.454. The van der Waals surface area contributed by atoms with Gasteiger partial charge in [0.25, 0.3) is 0 Å². The normalized spacial score (nSPS) is 19.3. The Morgan fingerprint density at radius 3 is 2.49 bits per heavy atom. The standard InChI is InChI=1S/C25H35F2N3O4S/c1-3-7-28-25(32)30-22(11-17-8-19(26)12-20(27)9-17)24(31)13-29-23-15-35(33,34)14-18-6-5-16(4-2)10-21(18)23/h5-6,8-10,12,22-24,29,31,33-34H,3-4,7,11,13-15H2,1-2H3,(H2,28,30,32)/t22-,23-,24+/m0/s1. The van der Waals surface area contributed by atoms with Crippen LogP contribution in [0, 0.1) is 11.6 Å². The number of hydrogen-bond donors (Lipinski definition) is 6. The Hall–Kier alpha value is -2.24. The second-order valence-corrected chi connectivity index (χ2v) is 11.2. The first-order valence-corrected chi connectivity index (χ1v) is 13.7. The number of nitrogens with one attached hydrogen (secondary N) is 3. The second-order valence-electron chi connectivity index (χ2n) is 9.02. The molecule has 1 heterocycles. The molecule has 2 aromatic carbocycles. The Labute approximate surface area is 206 Å². The van der Waals surface area contributed by atoms with Crippen molar-refractivity contribution in [2.75, 3.05) is 18.8 Å². The Kier molecular flexibility index (Phi) is 9.48. The van der Waals surface area contributed by atoms with E-state index < -0.39 is 46.4 Å². The van der Waals surface area contributed by atoms with Gasteiger partial charge in [-0.25, -0.2) is 13.6 Å². The summed E-state index contributed by atoms with van der Waals surface area (Å²) in [6, 6.07) is 7.29. The van der Waals surface area contributed by atoms with Gasteiger partial charge in [-0.05, 0) is 53.6 Å². The third-order valence-corrected chi connectivity index (χ3v) is 7.72. The van der Waals surface area contributed by atoms with Gasteiger partial charge in [0.05, 0.1) is 29.7 Å². The minimum Gasteiger partial charge on any atom is -0.390 e. The fourth-order valence-electron chi connectivity index (χ4n) is 4.28. The summed E-state index contributed by atoms with van der Waals surface area (Å²) in [5.41, 5.74) is 3.23. The van der Waals surface area contributed by atoms with Crippen molar-refractivity contribution < 1.29 is 27.8 Å². The summed E-state index contributed by atoms with van der Waals surface area (Å²) in [4.78, 5) is 12.3. The number of carbonyl (C=O) groups is 1. The van der Waals surface area contributed by atoms with Crippen molar-refractivity contribution in [2.24, 2.45) is 0 Å². The van der Waals surface area contributed by atoms with E-state index in [4.69, 9.17) is 0 Å². The van der Waals surface area contributed by atoms with E-state index in [9.17, 15) is 27.8 Å². The van der Waals surface area contributed by atoms with E-state index in [-0.39, 0.29) is 24.5 Å². The van der Waals surface area contributed by atoms with Crippen LogP contribution in [0.4, 0.5) is 13.6 Å². The van der Waals surface area contributed by atoms with Gasteiger partial charge in [0.1, 0.15) is 11.6 Å². The molecule has 35 heavy (non-hydrogen) atoms. The lowest BCUT2D eigenvalue weighted by Gasteiger charge is -2.42. The zero-order chi connectivity index (χ0) is 25.6. The lowest BCUT2D eigenvalue weighted by molar-refractivity contribution is 0.124. The number of fused-ring (bicyclic) bond motifs is 1. The first-order valence-electron chi connectivity index (χ1n) is 11.9. The molecule has 2 aromatic rings. The van der Waals surface area contributed by atoms with Crippen LogP contribution in [0.3, 0.4) is 0 Å². The Morgan fingerprint density at radius 2 is 1.83 bits per heavy atom. The number of rotatable bonds is 10. The van der Waals surface area contributed by atoms with Crippen molar-refractivity contribution >= 4 is 16.6 Å². The van der Waals surface area contributed by atoms with Crippen molar-refractivity contribution in [3.8, 4) is 0 Å². The van der Waals surface area contributed by atoms with E-state index in [1.807, 2.05) is 32.0 Å². The minimum atomic E-state index is -2.83. The van der Waals surface area contributed by atoms with Gasteiger partial charge in [-0.15, -0.1) is 0 Å². The maximum absolute atomic E-state index is 13.7. The Morgan fingerprint density at radius 1 is 1.11 bits per heavy atom. The molecule has 10 heteroatoms. The van der Waals surface area contributed by atoms with Gasteiger partial charge >= 0.3 is 6.03 Å². The highest BCUT2D eigenvalue weighted by Gasteiger charge is 2.31. The van der Waals surface area contributed by atoms with E-state index in [1.165, 1.54) is 12.1 Å². The van der Waals surface area contributed by atoms with E-state index >= 15 is 0 Å². The van der Waals surface area contributed by atoms with Gasteiger partial charge in [0.2, 0.25) is 0 Å². The number of hydrogen-bond acceptors (Lipinski definition) is 5. The first kappa shape index (κ1) is 27.3. The largest absolute Gasteiger partial charge is 0.390 e. The lowest BCUT2D eigenvalue weighted by atomic mass is 9.97. The fraction of sp³-hybridized carbons (Fsp3) is 0.480. The quantitative estimate of drug-likeness (QED) is 0.288. The maximum atomic E-state index is 13.7. The molecule has 0 saturated heterocycles. The van der Waals surface area contributed by atoms with Crippen LogP contribution in [0.2, 0.25) is 0 Å². The van der Waals surface area contributed by atoms with Gasteiger partial charge in [0.15, 0.2) is 0 Å². The van der Waals surface area contributed by atoms with Crippen LogP contribution in [0.5, 0.6) is 0 Å². The highest BCUT2D eigenvalue weighted by molar-refractivity contribution is 8.23.